The molecule has 1 fully saturated rings. The largest absolute Gasteiger partial charge is 0.348 e. The summed E-state index contributed by atoms with van der Waals surface area (Å²) in [6.45, 7) is 0. The molecule has 0 spiro atoms. The van der Waals surface area contributed by atoms with Gasteiger partial charge >= 0.3 is 0 Å². The number of carbonyl (C=O) groups excluding carboxylic acids is 1. The summed E-state index contributed by atoms with van der Waals surface area (Å²) in [6, 6.07) is 5.26. The van der Waals surface area contributed by atoms with Gasteiger partial charge in [-0.25, -0.2) is 13.8 Å². The molecule has 0 aliphatic heterocycles. The number of hydrogen-bond donors (Lipinski definition) is 2. The summed E-state index contributed by atoms with van der Waals surface area (Å²) < 4.78 is 26.3. The van der Waals surface area contributed by atoms with Crippen LogP contribution in [0.3, 0.4) is 0 Å². The summed E-state index contributed by atoms with van der Waals surface area (Å²) in [6.07, 6.45) is 2.22. The molecule has 1 saturated carbocycles. The molecular formula is C16H14F2N4OS. The van der Waals surface area contributed by atoms with Crippen LogP contribution in [-0.2, 0) is 0 Å². The van der Waals surface area contributed by atoms with Gasteiger partial charge in [0.1, 0.15) is 17.3 Å². The second-order valence-corrected chi connectivity index (χ2v) is 6.49. The van der Waals surface area contributed by atoms with Crippen molar-refractivity contribution in [3.8, 4) is 6.07 Å². The van der Waals surface area contributed by atoms with Crippen molar-refractivity contribution in [2.45, 2.75) is 25.3 Å². The molecule has 0 unspecified atom stereocenters. The van der Waals surface area contributed by atoms with Crippen molar-refractivity contribution in [3.63, 3.8) is 0 Å². The molecule has 1 aliphatic rings. The Bertz CT molecular complexity index is 781. The molecule has 0 saturated heterocycles. The fraction of sp³-hybridized carbons (Fsp3) is 0.312. The zero-order valence-electron chi connectivity index (χ0n) is 12.6. The Morgan fingerprint density at radius 3 is 2.71 bits per heavy atom. The van der Waals surface area contributed by atoms with Crippen LogP contribution in [0.2, 0.25) is 0 Å². The number of anilines is 2. The first kappa shape index (κ1) is 16.3. The van der Waals surface area contributed by atoms with Crippen LogP contribution < -0.4 is 10.6 Å². The van der Waals surface area contributed by atoms with E-state index in [1.807, 2.05) is 0 Å². The molecule has 5 nitrogen and oxygen atoms in total. The third kappa shape index (κ3) is 3.86. The van der Waals surface area contributed by atoms with Gasteiger partial charge in [-0.2, -0.15) is 5.26 Å². The molecule has 1 heterocycles. The van der Waals surface area contributed by atoms with Gasteiger partial charge < -0.3 is 10.6 Å². The highest BCUT2D eigenvalue weighted by molar-refractivity contribution is 7.14. The van der Waals surface area contributed by atoms with Crippen molar-refractivity contribution in [2.24, 2.45) is 5.92 Å². The zero-order chi connectivity index (χ0) is 17.1. The topological polar surface area (TPSA) is 77.8 Å². The van der Waals surface area contributed by atoms with Crippen LogP contribution in [0.1, 0.15) is 29.8 Å². The number of halogens is 2. The smallest absolute Gasteiger partial charge is 0.271 e. The molecule has 24 heavy (non-hydrogen) atoms. The predicted molar refractivity (Wildman–Crippen MR) is 86.0 cm³/mol. The molecular weight excluding hydrogens is 334 g/mol. The lowest BCUT2D eigenvalue weighted by atomic mass is 10.1. The minimum absolute atomic E-state index is 0.00849. The number of nitrogens with zero attached hydrogens (tertiary/aromatic N) is 2. The highest BCUT2D eigenvalue weighted by Gasteiger charge is 2.26. The van der Waals surface area contributed by atoms with Crippen LogP contribution >= 0.6 is 11.3 Å². The number of amides is 1. The summed E-state index contributed by atoms with van der Waals surface area (Å²) in [7, 11) is 0. The maximum atomic E-state index is 13.2. The summed E-state index contributed by atoms with van der Waals surface area (Å²) in [5, 5.41) is 16.5. The highest BCUT2D eigenvalue weighted by atomic mass is 32.1. The molecule has 2 atom stereocenters. The molecule has 1 aromatic heterocycles. The average molecular weight is 348 g/mol. The van der Waals surface area contributed by atoms with Gasteiger partial charge in [-0.3, -0.25) is 4.79 Å². The normalized spacial score (nSPS) is 19.7. The maximum Gasteiger partial charge on any atom is 0.271 e. The van der Waals surface area contributed by atoms with E-state index in [1.54, 1.807) is 5.38 Å². The highest BCUT2D eigenvalue weighted by Crippen LogP contribution is 2.26. The number of carbonyl (C=O) groups is 1. The van der Waals surface area contributed by atoms with Crippen LogP contribution in [-0.4, -0.2) is 16.9 Å². The number of hydrogen-bond acceptors (Lipinski definition) is 5. The second kappa shape index (κ2) is 6.93. The van der Waals surface area contributed by atoms with Crippen molar-refractivity contribution >= 4 is 28.1 Å². The molecule has 0 bridgehead atoms. The monoisotopic (exact) mass is 348 g/mol. The van der Waals surface area contributed by atoms with E-state index in [2.05, 4.69) is 21.7 Å². The van der Waals surface area contributed by atoms with Gasteiger partial charge in [0.25, 0.3) is 5.91 Å². The van der Waals surface area contributed by atoms with Crippen molar-refractivity contribution in [2.75, 3.05) is 5.32 Å². The summed E-state index contributed by atoms with van der Waals surface area (Å²) in [5.74, 6) is -1.71. The Morgan fingerprint density at radius 1 is 1.29 bits per heavy atom. The Kier molecular flexibility index (Phi) is 4.71. The van der Waals surface area contributed by atoms with E-state index in [1.165, 1.54) is 11.3 Å². The summed E-state index contributed by atoms with van der Waals surface area (Å²) in [5.41, 5.74) is 0.459. The minimum atomic E-state index is -0.694. The lowest BCUT2D eigenvalue weighted by Gasteiger charge is -2.10. The van der Waals surface area contributed by atoms with E-state index >= 15 is 0 Å². The molecule has 1 aromatic carbocycles. The van der Waals surface area contributed by atoms with Gasteiger partial charge in [0.05, 0.1) is 6.07 Å². The van der Waals surface area contributed by atoms with Gasteiger partial charge in [-0.05, 0) is 31.4 Å². The summed E-state index contributed by atoms with van der Waals surface area (Å²) in [4.78, 5) is 16.3. The van der Waals surface area contributed by atoms with E-state index in [0.29, 0.717) is 11.6 Å². The molecule has 1 aliphatic carbocycles. The number of thiazole rings is 1. The van der Waals surface area contributed by atoms with Crippen LogP contribution in [0.15, 0.2) is 23.6 Å². The minimum Gasteiger partial charge on any atom is -0.348 e. The lowest BCUT2D eigenvalue weighted by molar-refractivity contribution is 0.0933. The molecule has 124 valence electrons. The Labute approximate surface area is 141 Å². The zero-order valence-corrected chi connectivity index (χ0v) is 13.4. The Morgan fingerprint density at radius 2 is 2.04 bits per heavy atom. The van der Waals surface area contributed by atoms with Crippen molar-refractivity contribution in [1.29, 1.82) is 5.26 Å². The van der Waals surface area contributed by atoms with Crippen molar-refractivity contribution in [1.82, 2.24) is 10.3 Å². The maximum absolute atomic E-state index is 13.2. The Balaban J connectivity index is 1.62. The van der Waals surface area contributed by atoms with Crippen LogP contribution in [0, 0.1) is 28.9 Å². The fourth-order valence-electron chi connectivity index (χ4n) is 2.67. The number of aromatic nitrogens is 1. The fourth-order valence-corrected chi connectivity index (χ4v) is 3.38. The first-order valence-electron chi connectivity index (χ1n) is 7.42. The SMILES string of the molecule is N#C[C@H]1CC[C@@H](NC(=O)c2csc(Nc3cc(F)cc(F)c3)n2)C1. The molecule has 8 heteroatoms. The van der Waals surface area contributed by atoms with Crippen molar-refractivity contribution < 1.29 is 13.6 Å². The Hall–Kier alpha value is -2.53. The van der Waals surface area contributed by atoms with Gasteiger partial charge in [0.2, 0.25) is 0 Å². The van der Waals surface area contributed by atoms with E-state index in [4.69, 9.17) is 5.26 Å². The van der Waals surface area contributed by atoms with Gasteiger partial charge in [-0.1, -0.05) is 0 Å². The van der Waals surface area contributed by atoms with Gasteiger partial charge in [0, 0.05) is 29.1 Å². The standard InChI is InChI=1S/C16H14F2N4OS/c17-10-4-11(18)6-13(5-10)21-16-22-14(8-24-16)15(23)20-12-2-1-9(3-12)7-19/h4-6,8-9,12H,1-3H2,(H,20,23)(H,21,22)/t9-,12+/m0/s1. The molecule has 1 amide bonds. The van der Waals surface area contributed by atoms with E-state index in [-0.39, 0.29) is 29.2 Å². The molecule has 0 radical (unpaired) electrons. The molecule has 3 rings (SSSR count). The quantitative estimate of drug-likeness (QED) is 0.885. The van der Waals surface area contributed by atoms with Crippen molar-refractivity contribution in [3.05, 3.63) is 40.9 Å². The number of rotatable bonds is 4. The average Bonchev–Trinajstić information content (AvgIpc) is 3.15. The lowest BCUT2D eigenvalue weighted by Crippen LogP contribution is -2.33. The first-order valence-corrected chi connectivity index (χ1v) is 8.30. The predicted octanol–water partition coefficient (Wildman–Crippen LogP) is 3.59. The van der Waals surface area contributed by atoms with Gasteiger partial charge in [-0.15, -0.1) is 11.3 Å². The van der Waals surface area contributed by atoms with Crippen LogP contribution in [0.4, 0.5) is 19.6 Å². The number of nitriles is 1. The van der Waals surface area contributed by atoms with Crippen LogP contribution in [0.5, 0.6) is 0 Å². The van der Waals surface area contributed by atoms with E-state index in [0.717, 1.165) is 31.0 Å². The van der Waals surface area contributed by atoms with E-state index in [9.17, 15) is 13.6 Å². The number of benzene rings is 1. The molecule has 2 aromatic rings. The number of nitrogens with one attached hydrogen (secondary N) is 2. The van der Waals surface area contributed by atoms with E-state index < -0.39 is 11.6 Å². The third-order valence-electron chi connectivity index (χ3n) is 3.80. The third-order valence-corrected chi connectivity index (χ3v) is 4.56. The van der Waals surface area contributed by atoms with Gasteiger partial charge in [0.15, 0.2) is 5.13 Å². The molecule has 2 N–H and O–H groups in total. The second-order valence-electron chi connectivity index (χ2n) is 5.63. The van der Waals surface area contributed by atoms with Crippen LogP contribution in [0.25, 0.3) is 0 Å². The first-order chi connectivity index (χ1) is 11.5. The summed E-state index contributed by atoms with van der Waals surface area (Å²) >= 11 is 1.17.